The number of thiophene rings is 1. The van der Waals surface area contributed by atoms with Gasteiger partial charge in [-0.2, -0.15) is 0 Å². The van der Waals surface area contributed by atoms with Crippen molar-refractivity contribution >= 4 is 27.3 Å². The molecule has 0 aliphatic rings. The summed E-state index contributed by atoms with van der Waals surface area (Å²) in [4.78, 5) is 1.38. The van der Waals surface area contributed by atoms with Gasteiger partial charge in [-0.3, -0.25) is 0 Å². The lowest BCUT2D eigenvalue weighted by atomic mass is 10.0. The lowest BCUT2D eigenvalue weighted by molar-refractivity contribution is 0.331. The number of nitrogens with one attached hydrogen (secondary N) is 1. The Morgan fingerprint density at radius 3 is 2.67 bits per heavy atom. The van der Waals surface area contributed by atoms with Crippen molar-refractivity contribution in [1.82, 2.24) is 5.32 Å². The Morgan fingerprint density at radius 2 is 2.00 bits per heavy atom. The molecule has 0 saturated carbocycles. The molecule has 0 spiro atoms. The molecule has 2 nitrogen and oxygen atoms in total. The smallest absolute Gasteiger partial charge is 0.124 e. The van der Waals surface area contributed by atoms with E-state index in [1.165, 1.54) is 14.2 Å². The van der Waals surface area contributed by atoms with Crippen molar-refractivity contribution in [2.45, 2.75) is 32.7 Å². The third-order valence-corrected chi connectivity index (χ3v) is 4.92. The van der Waals surface area contributed by atoms with Gasteiger partial charge in [0.25, 0.3) is 0 Å². The number of ether oxygens (including phenoxy) is 1. The number of hydrogen-bond donors (Lipinski definition) is 1. The van der Waals surface area contributed by atoms with Crippen molar-refractivity contribution in [2.75, 3.05) is 13.2 Å². The van der Waals surface area contributed by atoms with Gasteiger partial charge >= 0.3 is 0 Å². The highest BCUT2D eigenvalue weighted by molar-refractivity contribution is 9.11. The van der Waals surface area contributed by atoms with Crippen LogP contribution < -0.4 is 10.1 Å². The van der Waals surface area contributed by atoms with Crippen LogP contribution in [0.4, 0.5) is 0 Å². The van der Waals surface area contributed by atoms with E-state index in [0.29, 0.717) is 12.6 Å². The van der Waals surface area contributed by atoms with E-state index in [1.54, 1.807) is 11.3 Å². The summed E-state index contributed by atoms with van der Waals surface area (Å²) in [5.74, 6) is 0.990. The molecule has 1 atom stereocenters. The highest BCUT2D eigenvalue weighted by atomic mass is 79.9. The first-order valence-corrected chi connectivity index (χ1v) is 9.04. The van der Waals surface area contributed by atoms with E-state index in [1.807, 2.05) is 13.0 Å². The molecule has 0 bridgehead atoms. The van der Waals surface area contributed by atoms with Gasteiger partial charge in [-0.25, -0.2) is 0 Å². The predicted octanol–water partition coefficient (Wildman–Crippen LogP) is 5.19. The van der Waals surface area contributed by atoms with E-state index >= 15 is 0 Å². The van der Waals surface area contributed by atoms with Crippen LogP contribution >= 0.6 is 27.3 Å². The maximum Gasteiger partial charge on any atom is 0.124 e. The summed E-state index contributed by atoms with van der Waals surface area (Å²) in [6, 6.07) is 12.9. The van der Waals surface area contributed by atoms with E-state index in [4.69, 9.17) is 4.74 Å². The van der Waals surface area contributed by atoms with Crippen LogP contribution in [0.3, 0.4) is 0 Å². The molecule has 0 radical (unpaired) electrons. The number of rotatable bonds is 8. The zero-order chi connectivity index (χ0) is 15.1. The van der Waals surface area contributed by atoms with Gasteiger partial charge in [0.15, 0.2) is 0 Å². The van der Waals surface area contributed by atoms with Crippen LogP contribution in [0, 0.1) is 0 Å². The molecule has 0 aliphatic carbocycles. The van der Waals surface area contributed by atoms with Crippen molar-refractivity contribution in [1.29, 1.82) is 0 Å². The largest absolute Gasteiger partial charge is 0.494 e. The molecular formula is C17H22BrNOS. The minimum Gasteiger partial charge on any atom is -0.494 e. The summed E-state index contributed by atoms with van der Waals surface area (Å²) < 4.78 is 6.98. The van der Waals surface area contributed by atoms with Crippen molar-refractivity contribution < 1.29 is 4.74 Å². The van der Waals surface area contributed by atoms with E-state index in [0.717, 1.165) is 25.1 Å². The molecule has 0 aliphatic heterocycles. The van der Waals surface area contributed by atoms with Gasteiger partial charge in [-0.1, -0.05) is 25.1 Å². The maximum absolute atomic E-state index is 5.79. The van der Waals surface area contributed by atoms with Crippen molar-refractivity contribution in [3.8, 4) is 5.75 Å². The van der Waals surface area contributed by atoms with Crippen LogP contribution in [0.25, 0.3) is 0 Å². The molecule has 114 valence electrons. The van der Waals surface area contributed by atoms with E-state index in [2.05, 4.69) is 58.5 Å². The highest BCUT2D eigenvalue weighted by Gasteiger charge is 2.16. The molecule has 21 heavy (non-hydrogen) atoms. The molecule has 4 heteroatoms. The Balaban J connectivity index is 2.22. The molecule has 1 unspecified atom stereocenters. The summed E-state index contributed by atoms with van der Waals surface area (Å²) in [6.45, 7) is 5.93. The van der Waals surface area contributed by atoms with E-state index < -0.39 is 0 Å². The third-order valence-electron chi connectivity index (χ3n) is 3.27. The fourth-order valence-electron chi connectivity index (χ4n) is 2.33. The maximum atomic E-state index is 5.79. The van der Waals surface area contributed by atoms with Crippen LogP contribution in [0.1, 0.15) is 36.8 Å². The van der Waals surface area contributed by atoms with Crippen molar-refractivity contribution in [3.05, 3.63) is 50.6 Å². The average molecular weight is 368 g/mol. The van der Waals surface area contributed by atoms with Gasteiger partial charge < -0.3 is 10.1 Å². The van der Waals surface area contributed by atoms with Crippen LogP contribution in [0.2, 0.25) is 0 Å². The second kappa shape index (κ2) is 8.57. The summed E-state index contributed by atoms with van der Waals surface area (Å²) in [7, 11) is 0. The van der Waals surface area contributed by atoms with Gasteiger partial charge in [0, 0.05) is 22.9 Å². The van der Waals surface area contributed by atoms with Gasteiger partial charge in [-0.15, -0.1) is 11.3 Å². The minimum absolute atomic E-state index is 0.290. The molecule has 0 saturated heterocycles. The standard InChI is InChI=1S/C17H22BrNOS/c1-3-11-19-15(12-13-9-10-17(18)21-13)14-7-5-6-8-16(14)20-4-2/h5-10,15,19H,3-4,11-12H2,1-2H3. The molecule has 1 aromatic carbocycles. The van der Waals surface area contributed by atoms with Crippen molar-refractivity contribution in [2.24, 2.45) is 0 Å². The van der Waals surface area contributed by atoms with Gasteiger partial charge in [0.2, 0.25) is 0 Å². The SMILES string of the molecule is CCCNC(Cc1ccc(Br)s1)c1ccccc1OCC. The van der Waals surface area contributed by atoms with Crippen molar-refractivity contribution in [3.63, 3.8) is 0 Å². The molecule has 1 heterocycles. The lowest BCUT2D eigenvalue weighted by Crippen LogP contribution is -2.24. The number of hydrogen-bond acceptors (Lipinski definition) is 3. The molecular weight excluding hydrogens is 346 g/mol. The Morgan fingerprint density at radius 1 is 1.19 bits per heavy atom. The molecule has 1 aromatic heterocycles. The number of benzene rings is 1. The van der Waals surface area contributed by atoms with Gasteiger partial charge in [-0.05, 0) is 54.0 Å². The topological polar surface area (TPSA) is 21.3 Å². The Bertz CT molecular complexity index is 555. The van der Waals surface area contributed by atoms with Crippen LogP contribution in [-0.4, -0.2) is 13.2 Å². The van der Waals surface area contributed by atoms with Crippen LogP contribution in [0.5, 0.6) is 5.75 Å². The normalized spacial score (nSPS) is 12.3. The predicted molar refractivity (Wildman–Crippen MR) is 94.4 cm³/mol. The average Bonchev–Trinajstić information content (AvgIpc) is 2.90. The molecule has 2 rings (SSSR count). The summed E-state index contributed by atoms with van der Waals surface area (Å²) in [6.07, 6.45) is 2.11. The highest BCUT2D eigenvalue weighted by Crippen LogP contribution is 2.31. The van der Waals surface area contributed by atoms with Gasteiger partial charge in [0.05, 0.1) is 10.4 Å². The number of para-hydroxylation sites is 1. The first-order chi connectivity index (χ1) is 10.2. The van der Waals surface area contributed by atoms with Crippen LogP contribution in [-0.2, 0) is 6.42 Å². The molecule has 0 fully saturated rings. The van der Waals surface area contributed by atoms with Crippen LogP contribution in [0.15, 0.2) is 40.2 Å². The van der Waals surface area contributed by atoms with E-state index in [-0.39, 0.29) is 0 Å². The first kappa shape index (κ1) is 16.5. The Kier molecular flexibility index (Phi) is 6.74. The monoisotopic (exact) mass is 367 g/mol. The third kappa shape index (κ3) is 4.83. The van der Waals surface area contributed by atoms with Gasteiger partial charge in [0.1, 0.15) is 5.75 Å². The first-order valence-electron chi connectivity index (χ1n) is 7.43. The summed E-state index contributed by atoms with van der Waals surface area (Å²) >= 11 is 5.34. The minimum atomic E-state index is 0.290. The summed E-state index contributed by atoms with van der Waals surface area (Å²) in [5, 5.41) is 3.65. The molecule has 2 aromatic rings. The Hall–Kier alpha value is -0.840. The number of halogens is 1. The lowest BCUT2D eigenvalue weighted by Gasteiger charge is -2.21. The second-order valence-corrected chi connectivity index (χ2v) is 7.44. The second-order valence-electron chi connectivity index (χ2n) is 4.89. The quantitative estimate of drug-likeness (QED) is 0.692. The zero-order valence-electron chi connectivity index (χ0n) is 12.6. The fourth-order valence-corrected chi connectivity index (χ4v) is 3.86. The summed E-state index contributed by atoms with van der Waals surface area (Å²) in [5.41, 5.74) is 1.25. The zero-order valence-corrected chi connectivity index (χ0v) is 15.0. The fraction of sp³-hybridized carbons (Fsp3) is 0.412. The molecule has 0 amide bonds. The Labute approximate surface area is 139 Å². The molecule has 1 N–H and O–H groups in total. The van der Waals surface area contributed by atoms with E-state index in [9.17, 15) is 0 Å².